The van der Waals surface area contributed by atoms with Crippen molar-refractivity contribution in [3.63, 3.8) is 0 Å². The fourth-order valence-corrected chi connectivity index (χ4v) is 3.52. The summed E-state index contributed by atoms with van der Waals surface area (Å²) in [6.45, 7) is 6.49. The van der Waals surface area contributed by atoms with Gasteiger partial charge >= 0.3 is 0 Å². The van der Waals surface area contributed by atoms with Crippen molar-refractivity contribution in [3.8, 4) is 0 Å². The van der Waals surface area contributed by atoms with Crippen LogP contribution in [-0.4, -0.2) is 0 Å². The van der Waals surface area contributed by atoms with Gasteiger partial charge in [0.2, 0.25) is 0 Å². The van der Waals surface area contributed by atoms with Crippen LogP contribution in [0.5, 0.6) is 0 Å². The molecule has 1 unspecified atom stereocenters. The normalized spacial score (nSPS) is 12.7. The molecule has 1 heterocycles. The third-order valence-corrected chi connectivity index (χ3v) is 5.29. The lowest BCUT2D eigenvalue weighted by atomic mass is 10.0. The molecule has 2 heteroatoms. The number of thiophene rings is 1. The minimum Gasteiger partial charge on any atom is -0.145 e. The van der Waals surface area contributed by atoms with Crippen molar-refractivity contribution in [1.29, 1.82) is 0 Å². The number of hydrogen-bond acceptors (Lipinski definition) is 1. The highest BCUT2D eigenvalue weighted by Gasteiger charge is 2.10. The highest BCUT2D eigenvalue weighted by Crippen LogP contribution is 2.32. The molecule has 17 heavy (non-hydrogen) atoms. The molecule has 0 aliphatic carbocycles. The zero-order valence-electron chi connectivity index (χ0n) is 10.5. The smallest absolute Gasteiger partial charge is 0.0529 e. The highest BCUT2D eigenvalue weighted by molar-refractivity contribution is 9.09. The van der Waals surface area contributed by atoms with E-state index in [-0.39, 0.29) is 0 Å². The quantitative estimate of drug-likeness (QED) is 0.670. The number of rotatable bonds is 3. The van der Waals surface area contributed by atoms with E-state index in [0.717, 1.165) is 6.42 Å². The Morgan fingerprint density at radius 1 is 1.06 bits per heavy atom. The molecule has 0 aliphatic rings. The highest BCUT2D eigenvalue weighted by atomic mass is 79.9. The third-order valence-electron chi connectivity index (χ3n) is 3.06. The summed E-state index contributed by atoms with van der Waals surface area (Å²) in [5, 5.41) is 0. The summed E-state index contributed by atoms with van der Waals surface area (Å²) < 4.78 is 0. The maximum absolute atomic E-state index is 3.79. The largest absolute Gasteiger partial charge is 0.145 e. The van der Waals surface area contributed by atoms with E-state index in [9.17, 15) is 0 Å². The van der Waals surface area contributed by atoms with Crippen LogP contribution < -0.4 is 0 Å². The van der Waals surface area contributed by atoms with Crippen molar-refractivity contribution in [2.24, 2.45) is 0 Å². The van der Waals surface area contributed by atoms with Gasteiger partial charge in [-0.25, -0.2) is 0 Å². The van der Waals surface area contributed by atoms with E-state index in [4.69, 9.17) is 0 Å². The topological polar surface area (TPSA) is 0 Å². The molecule has 0 radical (unpaired) electrons. The predicted octanol–water partition coefficient (Wildman–Crippen LogP) is 5.35. The molecule has 0 saturated carbocycles. The summed E-state index contributed by atoms with van der Waals surface area (Å²) in [4.78, 5) is 3.23. The van der Waals surface area contributed by atoms with E-state index in [1.165, 1.54) is 26.4 Å². The van der Waals surface area contributed by atoms with Gasteiger partial charge in [-0.2, -0.15) is 0 Å². The summed E-state index contributed by atoms with van der Waals surface area (Å²) >= 11 is 5.67. The molecule has 0 spiro atoms. The minimum absolute atomic E-state index is 0.434. The standard InChI is InChI=1S/C15H17BrS/c1-10-4-6-13(8-11(10)2)9-14(16)15-7-5-12(3)17-15/h4-8,14H,9H2,1-3H3. The van der Waals surface area contributed by atoms with Gasteiger partial charge in [-0.1, -0.05) is 34.1 Å². The molecular weight excluding hydrogens is 292 g/mol. The first-order chi connectivity index (χ1) is 8.06. The van der Waals surface area contributed by atoms with Crippen molar-refractivity contribution in [3.05, 3.63) is 56.8 Å². The number of benzene rings is 1. The molecule has 0 bridgehead atoms. The van der Waals surface area contributed by atoms with Crippen molar-refractivity contribution < 1.29 is 0 Å². The molecule has 0 aliphatic heterocycles. The number of alkyl halides is 1. The van der Waals surface area contributed by atoms with E-state index in [2.05, 4.69) is 67.0 Å². The molecule has 2 aromatic rings. The molecule has 0 saturated heterocycles. The number of halogens is 1. The second-order valence-electron chi connectivity index (χ2n) is 4.54. The summed E-state index contributed by atoms with van der Waals surface area (Å²) in [6.07, 6.45) is 1.06. The lowest BCUT2D eigenvalue weighted by Gasteiger charge is -2.09. The second-order valence-corrected chi connectivity index (χ2v) is 6.96. The van der Waals surface area contributed by atoms with Gasteiger partial charge < -0.3 is 0 Å². The maximum atomic E-state index is 3.79. The zero-order valence-corrected chi connectivity index (χ0v) is 12.9. The number of aryl methyl sites for hydroxylation is 3. The Labute approximate surface area is 116 Å². The number of hydrogen-bond donors (Lipinski definition) is 0. The van der Waals surface area contributed by atoms with Crippen LogP contribution >= 0.6 is 27.3 Å². The first kappa shape index (κ1) is 12.8. The molecule has 1 aromatic carbocycles. The van der Waals surface area contributed by atoms with Crippen LogP contribution in [0.25, 0.3) is 0 Å². The van der Waals surface area contributed by atoms with E-state index in [1.807, 2.05) is 11.3 Å². The van der Waals surface area contributed by atoms with Crippen LogP contribution in [0.4, 0.5) is 0 Å². The molecule has 2 rings (SSSR count). The maximum Gasteiger partial charge on any atom is 0.0529 e. The molecule has 0 N–H and O–H groups in total. The van der Waals surface area contributed by atoms with Crippen molar-refractivity contribution >= 4 is 27.3 Å². The first-order valence-electron chi connectivity index (χ1n) is 5.83. The van der Waals surface area contributed by atoms with Crippen molar-refractivity contribution in [2.45, 2.75) is 32.0 Å². The van der Waals surface area contributed by atoms with E-state index < -0.39 is 0 Å². The van der Waals surface area contributed by atoms with Gasteiger partial charge in [0.05, 0.1) is 4.83 Å². The van der Waals surface area contributed by atoms with Gasteiger partial charge in [0.25, 0.3) is 0 Å². The Morgan fingerprint density at radius 3 is 2.41 bits per heavy atom. The summed E-state index contributed by atoms with van der Waals surface area (Å²) in [5.74, 6) is 0. The average Bonchev–Trinajstić information content (AvgIpc) is 2.70. The van der Waals surface area contributed by atoms with Crippen LogP contribution in [0.1, 0.15) is 31.3 Å². The average molecular weight is 309 g/mol. The minimum atomic E-state index is 0.434. The molecule has 0 nitrogen and oxygen atoms in total. The lowest BCUT2D eigenvalue weighted by Crippen LogP contribution is -1.94. The molecule has 0 fully saturated rings. The van der Waals surface area contributed by atoms with Crippen LogP contribution in [0.2, 0.25) is 0 Å². The van der Waals surface area contributed by atoms with Gasteiger partial charge in [-0.05, 0) is 56.0 Å². The monoisotopic (exact) mass is 308 g/mol. The zero-order chi connectivity index (χ0) is 12.4. The van der Waals surface area contributed by atoms with Crippen LogP contribution in [0.15, 0.2) is 30.3 Å². The Balaban J connectivity index is 2.12. The summed E-state index contributed by atoms with van der Waals surface area (Å²) in [5.41, 5.74) is 4.15. The Morgan fingerprint density at radius 2 is 1.82 bits per heavy atom. The Kier molecular flexibility index (Phi) is 4.05. The van der Waals surface area contributed by atoms with Crippen LogP contribution in [0, 0.1) is 20.8 Å². The first-order valence-corrected chi connectivity index (χ1v) is 7.56. The van der Waals surface area contributed by atoms with Gasteiger partial charge in [0.15, 0.2) is 0 Å². The fraction of sp³-hybridized carbons (Fsp3) is 0.333. The van der Waals surface area contributed by atoms with E-state index in [1.54, 1.807) is 0 Å². The van der Waals surface area contributed by atoms with Crippen molar-refractivity contribution in [1.82, 2.24) is 0 Å². The third kappa shape index (κ3) is 3.20. The van der Waals surface area contributed by atoms with Gasteiger partial charge in [0, 0.05) is 9.75 Å². The summed E-state index contributed by atoms with van der Waals surface area (Å²) in [7, 11) is 0. The molecule has 1 aromatic heterocycles. The van der Waals surface area contributed by atoms with Crippen molar-refractivity contribution in [2.75, 3.05) is 0 Å². The van der Waals surface area contributed by atoms with Crippen LogP contribution in [0.3, 0.4) is 0 Å². The second kappa shape index (κ2) is 5.36. The molecule has 90 valence electrons. The SMILES string of the molecule is Cc1ccc(C(Br)Cc2ccc(C)c(C)c2)s1. The molecule has 0 amide bonds. The lowest BCUT2D eigenvalue weighted by molar-refractivity contribution is 0.965. The Bertz CT molecular complexity index is 513. The Hall–Kier alpha value is -0.600. The van der Waals surface area contributed by atoms with Crippen LogP contribution in [-0.2, 0) is 6.42 Å². The van der Waals surface area contributed by atoms with Gasteiger partial charge in [-0.15, -0.1) is 11.3 Å². The fourth-order valence-electron chi connectivity index (χ4n) is 1.86. The molecular formula is C15H17BrS. The van der Waals surface area contributed by atoms with Gasteiger partial charge in [0.1, 0.15) is 0 Å². The van der Waals surface area contributed by atoms with E-state index >= 15 is 0 Å². The summed E-state index contributed by atoms with van der Waals surface area (Å²) in [6, 6.07) is 11.2. The van der Waals surface area contributed by atoms with E-state index in [0.29, 0.717) is 4.83 Å². The predicted molar refractivity (Wildman–Crippen MR) is 80.3 cm³/mol. The molecule has 1 atom stereocenters. The van der Waals surface area contributed by atoms with Gasteiger partial charge in [-0.3, -0.25) is 0 Å².